The van der Waals surface area contributed by atoms with Crippen LogP contribution in [0.4, 0.5) is 0 Å². The van der Waals surface area contributed by atoms with Crippen LogP contribution in [0, 0.1) is 0 Å². The van der Waals surface area contributed by atoms with Crippen molar-refractivity contribution in [2.75, 3.05) is 13.7 Å². The van der Waals surface area contributed by atoms with E-state index in [4.69, 9.17) is 26.2 Å². The Morgan fingerprint density at radius 3 is 2.76 bits per heavy atom. The molecule has 4 nitrogen and oxygen atoms in total. The van der Waals surface area contributed by atoms with Gasteiger partial charge in [0.15, 0.2) is 0 Å². The summed E-state index contributed by atoms with van der Waals surface area (Å²) in [5.74, 6) is -0.522. The summed E-state index contributed by atoms with van der Waals surface area (Å²) in [6, 6.07) is 4.41. The Hall–Kier alpha value is -1.26. The van der Waals surface area contributed by atoms with Crippen LogP contribution < -0.4 is 4.74 Å². The number of aromatic carboxylic acids is 1. The van der Waals surface area contributed by atoms with Crippen LogP contribution in [0.1, 0.15) is 23.7 Å². The van der Waals surface area contributed by atoms with Crippen molar-refractivity contribution in [1.82, 2.24) is 0 Å². The number of ether oxygens (including phenoxy) is 2. The molecule has 1 N–H and O–H groups in total. The van der Waals surface area contributed by atoms with Crippen molar-refractivity contribution in [3.05, 3.63) is 28.8 Å². The van der Waals surface area contributed by atoms with Gasteiger partial charge in [-0.1, -0.05) is 11.6 Å². The molecule has 17 heavy (non-hydrogen) atoms. The fourth-order valence-corrected chi connectivity index (χ4v) is 1.51. The molecular weight excluding hydrogens is 244 g/mol. The Bertz CT molecular complexity index is 392. The van der Waals surface area contributed by atoms with Gasteiger partial charge in [-0.2, -0.15) is 0 Å². The molecule has 0 heterocycles. The third-order valence-electron chi connectivity index (χ3n) is 2.24. The summed E-state index contributed by atoms with van der Waals surface area (Å²) in [5, 5.41) is 9.08. The normalized spacial score (nSPS) is 12.2. The van der Waals surface area contributed by atoms with Crippen LogP contribution in [0.25, 0.3) is 0 Å². The van der Waals surface area contributed by atoms with Crippen molar-refractivity contribution < 1.29 is 19.4 Å². The van der Waals surface area contributed by atoms with Gasteiger partial charge in [-0.05, 0) is 25.1 Å². The Morgan fingerprint density at radius 2 is 2.24 bits per heavy atom. The fourth-order valence-electron chi connectivity index (χ4n) is 1.29. The van der Waals surface area contributed by atoms with Crippen molar-refractivity contribution in [3.8, 4) is 5.75 Å². The topological polar surface area (TPSA) is 55.8 Å². The monoisotopic (exact) mass is 258 g/mol. The number of hydrogen-bond donors (Lipinski definition) is 1. The summed E-state index contributed by atoms with van der Waals surface area (Å²) in [5.41, 5.74) is 0.145. The average Bonchev–Trinajstić information content (AvgIpc) is 2.28. The maximum absolute atomic E-state index is 10.7. The minimum Gasteiger partial charge on any atom is -0.489 e. The quantitative estimate of drug-likeness (QED) is 0.852. The van der Waals surface area contributed by atoms with Gasteiger partial charge in [0.25, 0.3) is 0 Å². The molecule has 0 amide bonds. The zero-order chi connectivity index (χ0) is 12.8. The van der Waals surface area contributed by atoms with Gasteiger partial charge in [-0.25, -0.2) is 4.79 Å². The molecular formula is C12H15ClO4. The number of benzene rings is 1. The second kappa shape index (κ2) is 6.47. The van der Waals surface area contributed by atoms with Crippen LogP contribution in [-0.4, -0.2) is 30.9 Å². The van der Waals surface area contributed by atoms with Crippen LogP contribution in [0.5, 0.6) is 5.75 Å². The molecule has 0 aliphatic carbocycles. The van der Waals surface area contributed by atoms with Crippen LogP contribution in [0.2, 0.25) is 5.02 Å². The third-order valence-corrected chi connectivity index (χ3v) is 2.53. The molecule has 1 atom stereocenters. The number of rotatable bonds is 6. The van der Waals surface area contributed by atoms with Gasteiger partial charge in [0.1, 0.15) is 5.75 Å². The van der Waals surface area contributed by atoms with E-state index in [1.807, 2.05) is 6.92 Å². The Balaban J connectivity index is 2.69. The zero-order valence-corrected chi connectivity index (χ0v) is 10.5. The highest BCUT2D eigenvalue weighted by Crippen LogP contribution is 2.26. The third kappa shape index (κ3) is 4.24. The lowest BCUT2D eigenvalue weighted by Gasteiger charge is -2.15. The number of hydrogen-bond acceptors (Lipinski definition) is 3. The lowest BCUT2D eigenvalue weighted by Crippen LogP contribution is -2.14. The SMILES string of the molecule is COCCC(C)Oc1ccc(C(=O)O)cc1Cl. The number of carbonyl (C=O) groups is 1. The molecule has 5 heteroatoms. The van der Waals surface area contributed by atoms with E-state index in [0.717, 1.165) is 6.42 Å². The molecule has 0 aliphatic heterocycles. The Kier molecular flexibility index (Phi) is 5.25. The van der Waals surface area contributed by atoms with E-state index in [9.17, 15) is 4.79 Å². The summed E-state index contributed by atoms with van der Waals surface area (Å²) in [6.07, 6.45) is 0.705. The van der Waals surface area contributed by atoms with Crippen molar-refractivity contribution in [2.24, 2.45) is 0 Å². The summed E-state index contributed by atoms with van der Waals surface area (Å²) in [7, 11) is 1.63. The average molecular weight is 259 g/mol. The molecule has 0 spiro atoms. The Labute approximate surface area is 105 Å². The number of methoxy groups -OCH3 is 1. The second-order valence-electron chi connectivity index (χ2n) is 3.66. The summed E-state index contributed by atoms with van der Waals surface area (Å²) >= 11 is 5.93. The Morgan fingerprint density at radius 1 is 1.53 bits per heavy atom. The minimum atomic E-state index is -1.01. The van der Waals surface area contributed by atoms with Gasteiger partial charge in [-0.15, -0.1) is 0 Å². The zero-order valence-electron chi connectivity index (χ0n) is 9.77. The minimum absolute atomic E-state index is 0.0388. The number of carboxylic acid groups (broad SMARTS) is 1. The molecule has 0 radical (unpaired) electrons. The maximum atomic E-state index is 10.7. The molecule has 1 rings (SSSR count). The van der Waals surface area contributed by atoms with E-state index in [2.05, 4.69) is 0 Å². The highest BCUT2D eigenvalue weighted by atomic mass is 35.5. The molecule has 1 unspecified atom stereocenters. The van der Waals surface area contributed by atoms with E-state index in [1.165, 1.54) is 12.1 Å². The first-order valence-corrected chi connectivity index (χ1v) is 5.61. The molecule has 0 saturated carbocycles. The van der Waals surface area contributed by atoms with Crippen LogP contribution in [0.15, 0.2) is 18.2 Å². The molecule has 0 saturated heterocycles. The highest BCUT2D eigenvalue weighted by molar-refractivity contribution is 6.32. The van der Waals surface area contributed by atoms with E-state index in [-0.39, 0.29) is 11.7 Å². The van der Waals surface area contributed by atoms with Gasteiger partial charge in [0, 0.05) is 20.1 Å². The smallest absolute Gasteiger partial charge is 0.335 e. The summed E-state index contributed by atoms with van der Waals surface area (Å²) < 4.78 is 10.5. The van der Waals surface area contributed by atoms with E-state index in [1.54, 1.807) is 13.2 Å². The standard InChI is InChI=1S/C12H15ClO4/c1-8(5-6-16-2)17-11-4-3-9(12(14)15)7-10(11)13/h3-4,7-8H,5-6H2,1-2H3,(H,14,15). The maximum Gasteiger partial charge on any atom is 0.335 e. The molecule has 1 aromatic rings. The summed E-state index contributed by atoms with van der Waals surface area (Å²) in [6.45, 7) is 2.51. The van der Waals surface area contributed by atoms with Gasteiger partial charge in [-0.3, -0.25) is 0 Å². The van der Waals surface area contributed by atoms with E-state index in [0.29, 0.717) is 17.4 Å². The molecule has 0 aromatic heterocycles. The van der Waals surface area contributed by atoms with Crippen LogP contribution in [-0.2, 0) is 4.74 Å². The predicted octanol–water partition coefficient (Wildman–Crippen LogP) is 2.84. The molecule has 0 bridgehead atoms. The first-order chi connectivity index (χ1) is 8.04. The first kappa shape index (κ1) is 13.8. The van der Waals surface area contributed by atoms with Crippen LogP contribution in [0.3, 0.4) is 0 Å². The van der Waals surface area contributed by atoms with Gasteiger partial charge < -0.3 is 14.6 Å². The molecule has 0 aliphatic rings. The number of carboxylic acids is 1. The predicted molar refractivity (Wildman–Crippen MR) is 65.0 cm³/mol. The van der Waals surface area contributed by atoms with Crippen molar-refractivity contribution in [3.63, 3.8) is 0 Å². The van der Waals surface area contributed by atoms with E-state index < -0.39 is 5.97 Å². The largest absolute Gasteiger partial charge is 0.489 e. The van der Waals surface area contributed by atoms with Gasteiger partial charge >= 0.3 is 5.97 Å². The second-order valence-corrected chi connectivity index (χ2v) is 4.07. The number of halogens is 1. The van der Waals surface area contributed by atoms with Crippen molar-refractivity contribution in [1.29, 1.82) is 0 Å². The van der Waals surface area contributed by atoms with Gasteiger partial charge in [0.2, 0.25) is 0 Å². The van der Waals surface area contributed by atoms with Crippen molar-refractivity contribution >= 4 is 17.6 Å². The molecule has 1 aromatic carbocycles. The fraction of sp³-hybridized carbons (Fsp3) is 0.417. The van der Waals surface area contributed by atoms with E-state index >= 15 is 0 Å². The lowest BCUT2D eigenvalue weighted by molar-refractivity contribution is 0.0697. The summed E-state index contributed by atoms with van der Waals surface area (Å²) in [4.78, 5) is 10.7. The molecule has 0 fully saturated rings. The highest BCUT2D eigenvalue weighted by Gasteiger charge is 2.10. The van der Waals surface area contributed by atoms with Crippen molar-refractivity contribution in [2.45, 2.75) is 19.4 Å². The lowest BCUT2D eigenvalue weighted by atomic mass is 10.2. The van der Waals surface area contributed by atoms with Crippen LogP contribution >= 0.6 is 11.6 Å². The van der Waals surface area contributed by atoms with Gasteiger partial charge in [0.05, 0.1) is 16.7 Å². The molecule has 94 valence electrons. The first-order valence-electron chi connectivity index (χ1n) is 5.23.